The third-order valence-electron chi connectivity index (χ3n) is 3.42. The Morgan fingerprint density at radius 3 is 0.857 bits per heavy atom. The van der Waals surface area contributed by atoms with Crippen molar-refractivity contribution in [2.75, 3.05) is 0 Å². The minimum Gasteiger partial charge on any atom is -0.390 e. The smallest absolute Gasteiger partial charge is 0.109 e. The molecule has 0 spiro atoms. The Morgan fingerprint density at radius 1 is 0.357 bits per heavy atom. The first-order valence-corrected chi connectivity index (χ1v) is 4.55. The van der Waals surface area contributed by atoms with Crippen LogP contribution in [0, 0.1) is 11.8 Å². The molecule has 14 heavy (non-hydrogen) atoms. The summed E-state index contributed by atoms with van der Waals surface area (Å²) in [6, 6.07) is 0. The second-order valence-corrected chi connectivity index (χ2v) is 4.10. The third-order valence-corrected chi connectivity index (χ3v) is 3.42. The zero-order chi connectivity index (χ0) is 10.6. The Bertz CT molecular complexity index is 210. The molecule has 0 unspecified atom stereocenters. The van der Waals surface area contributed by atoms with Gasteiger partial charge in [-0.1, -0.05) is 0 Å². The molecular weight excluding hydrogens is 192 g/mol. The van der Waals surface area contributed by atoms with E-state index in [1.54, 1.807) is 0 Å². The molecule has 0 aromatic carbocycles. The summed E-state index contributed by atoms with van der Waals surface area (Å²) in [6.07, 6.45) is -7.87. The van der Waals surface area contributed by atoms with Crippen LogP contribution in [0.1, 0.15) is 0 Å². The molecule has 0 aliphatic heterocycles. The van der Waals surface area contributed by atoms with Gasteiger partial charge in [-0.15, -0.1) is 0 Å². The molecule has 6 N–H and O–H groups in total. The molecule has 6 heteroatoms. The fourth-order valence-corrected chi connectivity index (χ4v) is 2.48. The van der Waals surface area contributed by atoms with Gasteiger partial charge >= 0.3 is 0 Å². The van der Waals surface area contributed by atoms with E-state index in [9.17, 15) is 30.6 Å². The van der Waals surface area contributed by atoms with Gasteiger partial charge in [0.2, 0.25) is 0 Å². The maximum atomic E-state index is 9.45. The normalized spacial score (nSPS) is 63.0. The molecule has 0 bridgehead atoms. The maximum absolute atomic E-state index is 9.45. The van der Waals surface area contributed by atoms with Gasteiger partial charge in [0.1, 0.15) is 12.2 Å². The van der Waals surface area contributed by atoms with Crippen molar-refractivity contribution >= 4 is 0 Å². The van der Waals surface area contributed by atoms with E-state index in [0.29, 0.717) is 0 Å². The van der Waals surface area contributed by atoms with E-state index in [2.05, 4.69) is 0 Å². The summed E-state index contributed by atoms with van der Waals surface area (Å²) in [6.45, 7) is 0. The summed E-state index contributed by atoms with van der Waals surface area (Å²) < 4.78 is 0. The molecule has 2 aliphatic carbocycles. The van der Waals surface area contributed by atoms with Crippen molar-refractivity contribution in [3.63, 3.8) is 0 Å². The molecule has 8 atom stereocenters. The van der Waals surface area contributed by atoms with Gasteiger partial charge in [0.25, 0.3) is 0 Å². The van der Waals surface area contributed by atoms with Crippen molar-refractivity contribution in [3.8, 4) is 0 Å². The minimum absolute atomic E-state index is 0.765. The van der Waals surface area contributed by atoms with Crippen molar-refractivity contribution < 1.29 is 30.6 Å². The first-order valence-electron chi connectivity index (χ1n) is 4.55. The summed E-state index contributed by atoms with van der Waals surface area (Å²) in [4.78, 5) is 0. The van der Waals surface area contributed by atoms with Crippen LogP contribution in [0.25, 0.3) is 0 Å². The minimum atomic E-state index is -1.48. The van der Waals surface area contributed by atoms with E-state index in [4.69, 9.17) is 0 Å². The lowest BCUT2D eigenvalue weighted by atomic mass is 9.57. The predicted octanol–water partition coefficient (Wildman–Crippen LogP) is -3.59. The number of aliphatic hydroxyl groups excluding tert-OH is 6. The van der Waals surface area contributed by atoms with E-state index in [-0.39, 0.29) is 0 Å². The molecule has 0 saturated heterocycles. The zero-order valence-corrected chi connectivity index (χ0v) is 7.30. The largest absolute Gasteiger partial charge is 0.390 e. The topological polar surface area (TPSA) is 121 Å². The second-order valence-electron chi connectivity index (χ2n) is 4.10. The number of rotatable bonds is 0. The van der Waals surface area contributed by atoms with Crippen LogP contribution in [0.2, 0.25) is 0 Å². The van der Waals surface area contributed by atoms with Gasteiger partial charge in [-0.3, -0.25) is 0 Å². The number of fused-ring (bicyclic) bond motifs is 1. The first-order chi connectivity index (χ1) is 6.46. The quantitative estimate of drug-likeness (QED) is 0.244. The van der Waals surface area contributed by atoms with Gasteiger partial charge < -0.3 is 30.6 Å². The summed E-state index contributed by atoms with van der Waals surface area (Å²) in [5.41, 5.74) is 0. The van der Waals surface area contributed by atoms with Crippen molar-refractivity contribution in [1.29, 1.82) is 0 Å². The molecule has 0 radical (unpaired) electrons. The van der Waals surface area contributed by atoms with Crippen LogP contribution in [0.4, 0.5) is 0 Å². The molecule has 6 nitrogen and oxygen atoms in total. The summed E-state index contributed by atoms with van der Waals surface area (Å²) in [5, 5.41) is 56.1. The van der Waals surface area contributed by atoms with Crippen LogP contribution in [0.15, 0.2) is 0 Å². The summed E-state index contributed by atoms with van der Waals surface area (Å²) >= 11 is 0. The van der Waals surface area contributed by atoms with Crippen LogP contribution in [0.5, 0.6) is 0 Å². The SMILES string of the molecule is O[C@@H]1[C@H](O)[C@H](O)[C@H]2[C@H](O)[C@@H](O)[C@H]2[C@@H]1O. The van der Waals surface area contributed by atoms with E-state index in [0.717, 1.165) is 0 Å². The summed E-state index contributed by atoms with van der Waals surface area (Å²) in [5.74, 6) is -1.53. The molecule has 82 valence electrons. The van der Waals surface area contributed by atoms with Gasteiger partial charge in [-0.25, -0.2) is 0 Å². The Morgan fingerprint density at radius 2 is 0.571 bits per heavy atom. The van der Waals surface area contributed by atoms with Crippen molar-refractivity contribution in [1.82, 2.24) is 0 Å². The average Bonchev–Trinajstić information content (AvgIpc) is 2.18. The van der Waals surface area contributed by atoms with E-state index in [1.807, 2.05) is 0 Å². The fourth-order valence-electron chi connectivity index (χ4n) is 2.48. The van der Waals surface area contributed by atoms with Gasteiger partial charge in [0.05, 0.1) is 24.4 Å². The molecule has 2 rings (SSSR count). The molecule has 2 fully saturated rings. The van der Waals surface area contributed by atoms with Gasteiger partial charge in [-0.2, -0.15) is 0 Å². The number of hydrogen-bond acceptors (Lipinski definition) is 6. The van der Waals surface area contributed by atoms with Crippen LogP contribution < -0.4 is 0 Å². The molecule has 2 saturated carbocycles. The second kappa shape index (κ2) is 3.13. The lowest BCUT2D eigenvalue weighted by Crippen LogP contribution is -2.72. The van der Waals surface area contributed by atoms with E-state index in [1.165, 1.54) is 0 Å². The van der Waals surface area contributed by atoms with Crippen molar-refractivity contribution in [3.05, 3.63) is 0 Å². The van der Waals surface area contributed by atoms with Crippen LogP contribution in [0.3, 0.4) is 0 Å². The Balaban J connectivity index is 2.21. The van der Waals surface area contributed by atoms with Crippen molar-refractivity contribution in [2.24, 2.45) is 11.8 Å². The highest BCUT2D eigenvalue weighted by atomic mass is 16.4. The summed E-state index contributed by atoms with van der Waals surface area (Å²) in [7, 11) is 0. The van der Waals surface area contributed by atoms with Gasteiger partial charge in [0, 0.05) is 11.8 Å². The lowest BCUT2D eigenvalue weighted by molar-refractivity contribution is -0.284. The van der Waals surface area contributed by atoms with Crippen molar-refractivity contribution in [2.45, 2.75) is 36.6 Å². The molecule has 0 heterocycles. The predicted molar refractivity (Wildman–Crippen MR) is 43.0 cm³/mol. The molecular formula is C8H14O6. The molecule has 0 amide bonds. The fraction of sp³-hybridized carbons (Fsp3) is 1.00. The van der Waals surface area contributed by atoms with Gasteiger partial charge in [0.15, 0.2) is 0 Å². The number of aliphatic hydroxyl groups is 6. The lowest BCUT2D eigenvalue weighted by Gasteiger charge is -2.56. The standard InChI is InChI=1S/C8H14O6/c9-3-1-2(4(3)10)6(12)8(14)7(13)5(1)11/h1-14H/t1-,2+,3-,4-,5-,6+,7-,8+/m0/s1. The monoisotopic (exact) mass is 206 g/mol. The third kappa shape index (κ3) is 1.06. The Hall–Kier alpha value is -0.240. The highest BCUT2D eigenvalue weighted by Gasteiger charge is 2.62. The molecule has 0 aromatic heterocycles. The van der Waals surface area contributed by atoms with Gasteiger partial charge in [-0.05, 0) is 0 Å². The maximum Gasteiger partial charge on any atom is 0.109 e. The highest BCUT2D eigenvalue weighted by molar-refractivity contribution is 5.11. The van der Waals surface area contributed by atoms with Crippen LogP contribution in [-0.2, 0) is 0 Å². The first kappa shape index (κ1) is 10.3. The van der Waals surface area contributed by atoms with E-state index < -0.39 is 48.5 Å². The van der Waals surface area contributed by atoms with Crippen LogP contribution >= 0.6 is 0 Å². The Labute approximate surface area is 80.0 Å². The Kier molecular flexibility index (Phi) is 2.30. The molecule has 2 aliphatic rings. The zero-order valence-electron chi connectivity index (χ0n) is 7.30. The number of hydrogen-bond donors (Lipinski definition) is 6. The van der Waals surface area contributed by atoms with E-state index >= 15 is 0 Å². The molecule has 0 aromatic rings. The average molecular weight is 206 g/mol. The van der Waals surface area contributed by atoms with Crippen LogP contribution in [-0.4, -0.2) is 67.3 Å². The highest BCUT2D eigenvalue weighted by Crippen LogP contribution is 2.45.